The van der Waals surface area contributed by atoms with Crippen LogP contribution in [0.1, 0.15) is 22.3 Å². The molecule has 0 spiro atoms. The lowest BCUT2D eigenvalue weighted by molar-refractivity contribution is 0.102. The Hall–Kier alpha value is -4.05. The number of aliphatic hydroxyl groups excluding tert-OH is 1. The van der Waals surface area contributed by atoms with Crippen LogP contribution in [0.15, 0.2) is 47.5 Å². The number of fused-ring (bicyclic) bond motifs is 1. The summed E-state index contributed by atoms with van der Waals surface area (Å²) in [4.78, 5) is 34.7. The van der Waals surface area contributed by atoms with Crippen molar-refractivity contribution in [2.24, 2.45) is 0 Å². The number of pyridine rings is 2. The highest BCUT2D eigenvalue weighted by Gasteiger charge is 2.22. The van der Waals surface area contributed by atoms with Crippen LogP contribution < -0.4 is 31.1 Å². The maximum Gasteiger partial charge on any atom is 0.263 e. The summed E-state index contributed by atoms with van der Waals surface area (Å²) in [5.41, 5.74) is 3.69. The average molecular weight is 463 g/mol. The number of aromatic amines is 1. The lowest BCUT2D eigenvalue weighted by atomic mass is 10.1. The van der Waals surface area contributed by atoms with Gasteiger partial charge in [0.05, 0.1) is 23.7 Å². The Bertz CT molecular complexity index is 1270. The van der Waals surface area contributed by atoms with Crippen LogP contribution in [0.3, 0.4) is 0 Å². The summed E-state index contributed by atoms with van der Waals surface area (Å²) in [7, 11) is 0. The Morgan fingerprint density at radius 3 is 2.82 bits per heavy atom. The number of carbonyl (C=O) groups is 1. The molecule has 1 atom stereocenters. The van der Waals surface area contributed by atoms with Gasteiger partial charge in [0.1, 0.15) is 17.9 Å². The van der Waals surface area contributed by atoms with Crippen LogP contribution in [0.25, 0.3) is 0 Å². The van der Waals surface area contributed by atoms with E-state index in [1.165, 1.54) is 6.20 Å². The molecule has 0 aliphatic carbocycles. The third-order valence-electron chi connectivity index (χ3n) is 6.06. The number of rotatable bonds is 5. The highest BCUT2D eigenvalue weighted by molar-refractivity contribution is 6.08. The Kier molecular flexibility index (Phi) is 5.81. The molecule has 0 radical (unpaired) electrons. The van der Waals surface area contributed by atoms with Crippen molar-refractivity contribution < 1.29 is 14.6 Å². The molecular weight excluding hydrogens is 436 g/mol. The zero-order valence-electron chi connectivity index (χ0n) is 18.7. The summed E-state index contributed by atoms with van der Waals surface area (Å²) >= 11 is 0. The van der Waals surface area contributed by atoms with Gasteiger partial charge >= 0.3 is 0 Å². The molecule has 1 fully saturated rings. The van der Waals surface area contributed by atoms with Gasteiger partial charge in [0.2, 0.25) is 5.88 Å². The Morgan fingerprint density at radius 2 is 2.06 bits per heavy atom. The number of aliphatic hydroxyl groups is 1. The van der Waals surface area contributed by atoms with E-state index in [0.717, 1.165) is 29.9 Å². The summed E-state index contributed by atoms with van der Waals surface area (Å²) in [6, 6.07) is 8.98. The van der Waals surface area contributed by atoms with Gasteiger partial charge in [0, 0.05) is 42.8 Å². The van der Waals surface area contributed by atoms with Crippen molar-refractivity contribution in [3.8, 4) is 5.88 Å². The molecule has 1 amide bonds. The first kappa shape index (κ1) is 21.8. The van der Waals surface area contributed by atoms with Gasteiger partial charge in [-0.1, -0.05) is 0 Å². The highest BCUT2D eigenvalue weighted by Crippen LogP contribution is 2.34. The van der Waals surface area contributed by atoms with Gasteiger partial charge in [-0.25, -0.2) is 4.98 Å². The lowest BCUT2D eigenvalue weighted by Gasteiger charge is -2.22. The van der Waals surface area contributed by atoms with Crippen LogP contribution in [-0.2, 0) is 0 Å². The molecule has 1 unspecified atom stereocenters. The fourth-order valence-corrected chi connectivity index (χ4v) is 4.23. The van der Waals surface area contributed by atoms with Crippen LogP contribution in [-0.4, -0.2) is 53.3 Å². The number of hydrogen-bond acceptors (Lipinski definition) is 8. The Morgan fingerprint density at radius 1 is 1.24 bits per heavy atom. The van der Waals surface area contributed by atoms with Crippen molar-refractivity contribution in [2.75, 3.05) is 47.1 Å². The number of nitrogens with zero attached hydrogens (tertiary/aromatic N) is 2. The zero-order valence-corrected chi connectivity index (χ0v) is 18.7. The molecule has 2 aromatic heterocycles. The number of H-pyrrole nitrogens is 1. The Labute approximate surface area is 196 Å². The van der Waals surface area contributed by atoms with Gasteiger partial charge in [0.15, 0.2) is 0 Å². The molecular formula is C24H26N6O4. The molecule has 0 bridgehead atoms. The number of hydrogen-bond donors (Lipinski definition) is 5. The summed E-state index contributed by atoms with van der Waals surface area (Å²) < 4.78 is 5.57. The van der Waals surface area contributed by atoms with Gasteiger partial charge in [-0.2, -0.15) is 0 Å². The van der Waals surface area contributed by atoms with E-state index in [1.807, 2.05) is 19.1 Å². The fraction of sp³-hybridized carbons (Fsp3) is 0.292. The van der Waals surface area contributed by atoms with Gasteiger partial charge in [-0.3, -0.25) is 9.59 Å². The van der Waals surface area contributed by atoms with E-state index in [4.69, 9.17) is 4.74 Å². The second-order valence-corrected chi connectivity index (χ2v) is 8.36. The molecule has 2 aliphatic rings. The van der Waals surface area contributed by atoms with E-state index in [1.54, 1.807) is 24.4 Å². The number of aromatic nitrogens is 2. The van der Waals surface area contributed by atoms with Crippen molar-refractivity contribution in [2.45, 2.75) is 19.4 Å². The molecule has 5 N–H and O–H groups in total. The number of benzene rings is 1. The molecule has 1 aromatic carbocycles. The summed E-state index contributed by atoms with van der Waals surface area (Å²) in [6.07, 6.45) is 3.54. The van der Waals surface area contributed by atoms with E-state index >= 15 is 0 Å². The van der Waals surface area contributed by atoms with E-state index < -0.39 is 11.5 Å². The van der Waals surface area contributed by atoms with Crippen LogP contribution >= 0.6 is 0 Å². The SMILES string of the molecule is Cc1c(Nc2cc[nH]c(=O)c2C(=O)Nc2ccc(N3CCC(O)C3)cc2)cnc2c1NCCO2. The number of ether oxygens (including phenoxy) is 1. The molecule has 4 heterocycles. The molecule has 2 aliphatic heterocycles. The number of amides is 1. The van der Waals surface area contributed by atoms with Crippen LogP contribution in [0, 0.1) is 6.92 Å². The van der Waals surface area contributed by atoms with E-state index in [0.29, 0.717) is 42.6 Å². The molecule has 3 aromatic rings. The predicted molar refractivity (Wildman–Crippen MR) is 131 cm³/mol. The maximum absolute atomic E-state index is 13.1. The quantitative estimate of drug-likeness (QED) is 0.391. The number of nitrogens with one attached hydrogen (secondary N) is 4. The number of β-amino-alcohol motifs (C(OH)–C–C–N with tert-alkyl or cyclic N) is 1. The lowest BCUT2D eigenvalue weighted by Crippen LogP contribution is -2.25. The standard InChI is InChI=1S/C24H26N6O4/c1-14-19(12-27-24-21(14)25-9-11-34-24)29-18-6-8-26-22(32)20(18)23(33)28-15-2-4-16(5-3-15)30-10-7-17(31)13-30/h2-6,8,12,17,25,31H,7,9-11,13H2,1H3,(H,28,33)(H2,26,29,32). The van der Waals surface area contributed by atoms with Crippen molar-refractivity contribution in [1.82, 2.24) is 9.97 Å². The minimum atomic E-state index is -0.529. The average Bonchev–Trinajstić information content (AvgIpc) is 3.28. The topological polar surface area (TPSA) is 132 Å². The van der Waals surface area contributed by atoms with Gasteiger partial charge in [0.25, 0.3) is 11.5 Å². The van der Waals surface area contributed by atoms with Crippen LogP contribution in [0.2, 0.25) is 0 Å². The maximum atomic E-state index is 13.1. The predicted octanol–water partition coefficient (Wildman–Crippen LogP) is 2.45. The van der Waals surface area contributed by atoms with Crippen molar-refractivity contribution >= 4 is 34.3 Å². The van der Waals surface area contributed by atoms with E-state index in [9.17, 15) is 14.7 Å². The Balaban J connectivity index is 1.36. The van der Waals surface area contributed by atoms with Gasteiger partial charge in [-0.15, -0.1) is 0 Å². The molecule has 34 heavy (non-hydrogen) atoms. The first-order chi connectivity index (χ1) is 16.5. The molecule has 10 heteroatoms. The van der Waals surface area contributed by atoms with Crippen molar-refractivity contribution in [1.29, 1.82) is 0 Å². The second-order valence-electron chi connectivity index (χ2n) is 8.36. The molecule has 1 saturated heterocycles. The second kappa shape index (κ2) is 9.06. The third kappa shape index (κ3) is 4.27. The monoisotopic (exact) mass is 462 g/mol. The van der Waals surface area contributed by atoms with E-state index in [-0.39, 0.29) is 11.7 Å². The minimum absolute atomic E-state index is 0.0319. The summed E-state index contributed by atoms with van der Waals surface area (Å²) in [5.74, 6) is 0.00351. The molecule has 176 valence electrons. The first-order valence-corrected chi connectivity index (χ1v) is 11.2. The fourth-order valence-electron chi connectivity index (χ4n) is 4.23. The van der Waals surface area contributed by atoms with Crippen LogP contribution in [0.4, 0.5) is 28.4 Å². The number of carbonyl (C=O) groups excluding carboxylic acids is 1. The van der Waals surface area contributed by atoms with E-state index in [2.05, 4.69) is 30.8 Å². The van der Waals surface area contributed by atoms with Crippen molar-refractivity contribution in [3.63, 3.8) is 0 Å². The summed E-state index contributed by atoms with van der Waals surface area (Å²) in [5, 5.41) is 19.0. The highest BCUT2D eigenvalue weighted by atomic mass is 16.5. The largest absolute Gasteiger partial charge is 0.474 e. The zero-order chi connectivity index (χ0) is 23.7. The summed E-state index contributed by atoms with van der Waals surface area (Å²) in [6.45, 7) is 4.53. The molecule has 10 nitrogen and oxygen atoms in total. The van der Waals surface area contributed by atoms with Crippen LogP contribution in [0.5, 0.6) is 5.88 Å². The van der Waals surface area contributed by atoms with Crippen molar-refractivity contribution in [3.05, 3.63) is 64.2 Å². The number of anilines is 5. The smallest absolute Gasteiger partial charge is 0.263 e. The van der Waals surface area contributed by atoms with Gasteiger partial charge in [-0.05, 0) is 43.7 Å². The van der Waals surface area contributed by atoms with Gasteiger partial charge < -0.3 is 35.7 Å². The third-order valence-corrected chi connectivity index (χ3v) is 6.06. The first-order valence-electron chi connectivity index (χ1n) is 11.2. The minimum Gasteiger partial charge on any atom is -0.474 e. The molecule has 5 rings (SSSR count). The molecule has 0 saturated carbocycles. The normalized spacial score (nSPS) is 16.9.